The molecule has 32 heavy (non-hydrogen) atoms. The fourth-order valence-electron chi connectivity index (χ4n) is 3.56. The summed E-state index contributed by atoms with van der Waals surface area (Å²) in [5.41, 5.74) is 0.805. The molecule has 0 aliphatic carbocycles. The molecule has 9 nitrogen and oxygen atoms in total. The number of carbonyl (C=O) groups excluding carboxylic acids is 1. The Morgan fingerprint density at radius 1 is 1.03 bits per heavy atom. The van der Waals surface area contributed by atoms with E-state index in [2.05, 4.69) is 12.2 Å². The molecule has 1 amide bonds. The third-order valence-electron chi connectivity index (χ3n) is 5.57. The van der Waals surface area contributed by atoms with Crippen LogP contribution in [0.1, 0.15) is 57.4 Å². The topological polar surface area (TPSA) is 138 Å². The van der Waals surface area contributed by atoms with Gasteiger partial charge < -0.3 is 40.0 Å². The number of methoxy groups -OCH3 is 1. The van der Waals surface area contributed by atoms with E-state index in [0.29, 0.717) is 18.7 Å². The highest BCUT2D eigenvalue weighted by Gasteiger charge is 2.44. The molecule has 1 aliphatic heterocycles. The Morgan fingerprint density at radius 2 is 1.75 bits per heavy atom. The zero-order chi connectivity index (χ0) is 23.5. The van der Waals surface area contributed by atoms with Crippen molar-refractivity contribution in [2.75, 3.05) is 13.7 Å². The Morgan fingerprint density at radius 3 is 2.44 bits per heavy atom. The molecule has 5 N–H and O–H groups in total. The normalized spacial score (nSPS) is 25.4. The summed E-state index contributed by atoms with van der Waals surface area (Å²) in [5.74, 6) is 0.602. The van der Waals surface area contributed by atoms with Crippen LogP contribution in [0.3, 0.4) is 0 Å². The number of ether oxygens (including phenoxy) is 3. The molecule has 1 aromatic carbocycles. The number of hydrogen-bond donors (Lipinski definition) is 5. The SMILES string of the molecule is CCCCCCCCC(=O)NCc1ccc(O[C@@H]2O[C@H](CO)[C@H](O)[C@H](O)[C@H]2O)c(OC)c1. The van der Waals surface area contributed by atoms with Crippen LogP contribution in [0.15, 0.2) is 18.2 Å². The highest BCUT2D eigenvalue weighted by atomic mass is 16.7. The lowest BCUT2D eigenvalue weighted by Gasteiger charge is -2.39. The van der Waals surface area contributed by atoms with Crippen LogP contribution >= 0.6 is 0 Å². The van der Waals surface area contributed by atoms with Crippen molar-refractivity contribution in [3.8, 4) is 11.5 Å². The number of carbonyl (C=O) groups is 1. The van der Waals surface area contributed by atoms with Crippen LogP contribution in [-0.4, -0.2) is 70.8 Å². The van der Waals surface area contributed by atoms with Crippen LogP contribution in [0.2, 0.25) is 0 Å². The molecule has 1 fully saturated rings. The van der Waals surface area contributed by atoms with E-state index in [4.69, 9.17) is 14.2 Å². The van der Waals surface area contributed by atoms with Gasteiger partial charge in [0.25, 0.3) is 0 Å². The zero-order valence-electron chi connectivity index (χ0n) is 18.9. The summed E-state index contributed by atoms with van der Waals surface area (Å²) < 4.78 is 16.4. The molecule has 2 rings (SSSR count). The fraction of sp³-hybridized carbons (Fsp3) is 0.696. The lowest BCUT2D eigenvalue weighted by atomic mass is 9.99. The van der Waals surface area contributed by atoms with Crippen LogP contribution in [0, 0.1) is 0 Å². The van der Waals surface area contributed by atoms with Gasteiger partial charge in [-0.2, -0.15) is 0 Å². The van der Waals surface area contributed by atoms with E-state index in [1.54, 1.807) is 18.2 Å². The quantitative estimate of drug-likeness (QED) is 0.280. The van der Waals surface area contributed by atoms with Crippen molar-refractivity contribution in [1.82, 2.24) is 5.32 Å². The number of nitrogens with one attached hydrogen (secondary N) is 1. The number of amides is 1. The zero-order valence-corrected chi connectivity index (χ0v) is 18.9. The second-order valence-corrected chi connectivity index (χ2v) is 8.09. The maximum atomic E-state index is 12.1. The molecule has 9 heteroatoms. The minimum Gasteiger partial charge on any atom is -0.493 e. The van der Waals surface area contributed by atoms with Crippen molar-refractivity contribution in [2.45, 2.75) is 89.1 Å². The Balaban J connectivity index is 1.87. The van der Waals surface area contributed by atoms with E-state index in [0.717, 1.165) is 24.8 Å². The summed E-state index contributed by atoms with van der Waals surface area (Å²) in [7, 11) is 1.45. The number of rotatable bonds is 13. The lowest BCUT2D eigenvalue weighted by molar-refractivity contribution is -0.277. The molecule has 182 valence electrons. The summed E-state index contributed by atoms with van der Waals surface area (Å²) in [4.78, 5) is 12.1. The van der Waals surface area contributed by atoms with Crippen molar-refractivity contribution in [3.05, 3.63) is 23.8 Å². The number of aliphatic hydroxyl groups excluding tert-OH is 4. The predicted octanol–water partition coefficient (Wildman–Crippen LogP) is 1.24. The van der Waals surface area contributed by atoms with Crippen molar-refractivity contribution < 1.29 is 39.4 Å². The van der Waals surface area contributed by atoms with Gasteiger partial charge in [-0.05, 0) is 24.1 Å². The van der Waals surface area contributed by atoms with Gasteiger partial charge >= 0.3 is 0 Å². The minimum atomic E-state index is -1.53. The van der Waals surface area contributed by atoms with Crippen LogP contribution in [0.4, 0.5) is 0 Å². The first-order valence-electron chi connectivity index (χ1n) is 11.3. The predicted molar refractivity (Wildman–Crippen MR) is 117 cm³/mol. The molecular formula is C23H37NO8. The van der Waals surface area contributed by atoms with Crippen molar-refractivity contribution in [3.63, 3.8) is 0 Å². The fourth-order valence-corrected chi connectivity index (χ4v) is 3.56. The average molecular weight is 456 g/mol. The smallest absolute Gasteiger partial charge is 0.229 e. The Kier molecular flexibility index (Phi) is 11.2. The van der Waals surface area contributed by atoms with Gasteiger partial charge in [0, 0.05) is 13.0 Å². The number of aliphatic hydroxyl groups is 4. The monoisotopic (exact) mass is 455 g/mol. The van der Waals surface area contributed by atoms with Crippen LogP contribution in [0.5, 0.6) is 11.5 Å². The van der Waals surface area contributed by atoms with E-state index in [1.807, 2.05) is 0 Å². The summed E-state index contributed by atoms with van der Waals surface area (Å²) in [6.07, 6.45) is 0.394. The molecule has 1 heterocycles. The molecule has 1 saturated heterocycles. The summed E-state index contributed by atoms with van der Waals surface area (Å²) >= 11 is 0. The van der Waals surface area contributed by atoms with E-state index in [9.17, 15) is 25.2 Å². The molecule has 0 aromatic heterocycles. The van der Waals surface area contributed by atoms with Crippen LogP contribution in [-0.2, 0) is 16.1 Å². The molecule has 0 bridgehead atoms. The van der Waals surface area contributed by atoms with Gasteiger partial charge in [-0.3, -0.25) is 4.79 Å². The Bertz CT molecular complexity index is 699. The summed E-state index contributed by atoms with van der Waals surface area (Å²) in [6.45, 7) is 1.97. The number of unbranched alkanes of at least 4 members (excludes halogenated alkanes) is 5. The first-order valence-corrected chi connectivity index (χ1v) is 11.3. The molecule has 0 saturated carbocycles. The maximum absolute atomic E-state index is 12.1. The van der Waals surface area contributed by atoms with Gasteiger partial charge in [0.15, 0.2) is 11.5 Å². The maximum Gasteiger partial charge on any atom is 0.229 e. The van der Waals surface area contributed by atoms with Gasteiger partial charge in [0.2, 0.25) is 12.2 Å². The largest absolute Gasteiger partial charge is 0.493 e. The second kappa shape index (κ2) is 13.6. The molecule has 1 aliphatic rings. The number of benzene rings is 1. The van der Waals surface area contributed by atoms with E-state index in [1.165, 1.54) is 26.4 Å². The summed E-state index contributed by atoms with van der Waals surface area (Å²) in [6, 6.07) is 5.05. The van der Waals surface area contributed by atoms with Gasteiger partial charge in [-0.15, -0.1) is 0 Å². The molecule has 1 aromatic rings. The van der Waals surface area contributed by atoms with Crippen LogP contribution < -0.4 is 14.8 Å². The van der Waals surface area contributed by atoms with Gasteiger partial charge in [-0.25, -0.2) is 0 Å². The molecule has 5 atom stereocenters. The van der Waals surface area contributed by atoms with Gasteiger partial charge in [0.1, 0.15) is 24.4 Å². The standard InChI is InChI=1S/C23H37NO8/c1-3-4-5-6-7-8-9-19(26)24-13-15-10-11-16(17(12-15)30-2)31-23-22(29)21(28)20(27)18(14-25)32-23/h10-12,18,20-23,25,27-29H,3-9,13-14H2,1-2H3,(H,24,26)/t18-,20+,21+,22-,23-/m1/s1. The third-order valence-corrected chi connectivity index (χ3v) is 5.57. The van der Waals surface area contributed by atoms with E-state index >= 15 is 0 Å². The first-order chi connectivity index (χ1) is 15.4. The van der Waals surface area contributed by atoms with Crippen molar-refractivity contribution >= 4 is 5.91 Å². The first kappa shape index (κ1) is 26.3. The Hall–Kier alpha value is -1.91. The highest BCUT2D eigenvalue weighted by molar-refractivity contribution is 5.75. The molecule has 0 spiro atoms. The van der Waals surface area contributed by atoms with Crippen LogP contribution in [0.25, 0.3) is 0 Å². The lowest BCUT2D eigenvalue weighted by Crippen LogP contribution is -2.60. The van der Waals surface area contributed by atoms with Gasteiger partial charge in [0.05, 0.1) is 13.7 Å². The van der Waals surface area contributed by atoms with Gasteiger partial charge in [-0.1, -0.05) is 45.1 Å². The van der Waals surface area contributed by atoms with Crippen molar-refractivity contribution in [1.29, 1.82) is 0 Å². The molecular weight excluding hydrogens is 418 g/mol. The average Bonchev–Trinajstić information content (AvgIpc) is 2.80. The van der Waals surface area contributed by atoms with E-state index in [-0.39, 0.29) is 11.7 Å². The van der Waals surface area contributed by atoms with Crippen molar-refractivity contribution in [2.24, 2.45) is 0 Å². The van der Waals surface area contributed by atoms with E-state index < -0.39 is 37.3 Å². The second-order valence-electron chi connectivity index (χ2n) is 8.09. The third kappa shape index (κ3) is 7.60. The minimum absolute atomic E-state index is 0.00102. The molecule has 0 unspecified atom stereocenters. The number of hydrogen-bond acceptors (Lipinski definition) is 8. The highest BCUT2D eigenvalue weighted by Crippen LogP contribution is 2.32. The Labute approximate surface area is 189 Å². The molecule has 0 radical (unpaired) electrons. The summed E-state index contributed by atoms with van der Waals surface area (Å²) in [5, 5.41) is 42.1.